The number of hydrazone groups is 1. The average Bonchev–Trinajstić information content (AvgIpc) is 2.60. The maximum absolute atomic E-state index is 5.96. The molecule has 0 bridgehead atoms. The number of benzene rings is 1. The lowest BCUT2D eigenvalue weighted by Gasteiger charge is -2.23. The Morgan fingerprint density at radius 3 is 2.40 bits per heavy atom. The van der Waals surface area contributed by atoms with E-state index in [0.29, 0.717) is 5.92 Å². The van der Waals surface area contributed by atoms with Gasteiger partial charge >= 0.3 is 0 Å². The maximum atomic E-state index is 5.96. The van der Waals surface area contributed by atoms with E-state index in [2.05, 4.69) is 27.7 Å². The van der Waals surface area contributed by atoms with Crippen LogP contribution in [0.1, 0.15) is 39.7 Å². The lowest BCUT2D eigenvalue weighted by molar-refractivity contribution is 0.402. The van der Waals surface area contributed by atoms with Crippen molar-refractivity contribution in [1.82, 2.24) is 5.01 Å². The quantitative estimate of drug-likeness (QED) is 0.745. The van der Waals surface area contributed by atoms with Gasteiger partial charge in [0.1, 0.15) is 4.99 Å². The summed E-state index contributed by atoms with van der Waals surface area (Å²) in [5.74, 6) is 0.649. The number of thiocarbonyl (C=S) groups is 1. The lowest BCUT2D eigenvalue weighted by Crippen LogP contribution is -2.34. The van der Waals surface area contributed by atoms with E-state index in [9.17, 15) is 0 Å². The molecule has 0 aliphatic carbocycles. The van der Waals surface area contributed by atoms with Crippen molar-refractivity contribution in [3.8, 4) is 0 Å². The second-order valence-electron chi connectivity index (χ2n) is 6.19. The van der Waals surface area contributed by atoms with Crippen LogP contribution in [0.5, 0.6) is 0 Å². The monoisotopic (exact) mass is 308 g/mol. The van der Waals surface area contributed by atoms with Crippen LogP contribution in [0.15, 0.2) is 29.4 Å². The van der Waals surface area contributed by atoms with Gasteiger partial charge in [-0.1, -0.05) is 49.8 Å². The van der Waals surface area contributed by atoms with Crippen molar-refractivity contribution in [1.29, 1.82) is 0 Å². The molecule has 4 heteroatoms. The highest BCUT2D eigenvalue weighted by molar-refractivity contribution is 7.80. The van der Waals surface area contributed by atoms with E-state index in [1.165, 1.54) is 0 Å². The molecule has 2 nitrogen and oxygen atoms in total. The maximum Gasteiger partial charge on any atom is 0.111 e. The summed E-state index contributed by atoms with van der Waals surface area (Å²) in [5, 5.41) is 7.48. The molecule has 0 fully saturated rings. The molecule has 0 spiro atoms. The van der Waals surface area contributed by atoms with Crippen molar-refractivity contribution in [3.05, 3.63) is 34.9 Å². The summed E-state index contributed by atoms with van der Waals surface area (Å²) in [7, 11) is 0. The Morgan fingerprint density at radius 2 is 1.85 bits per heavy atom. The Balaban J connectivity index is 2.28. The molecule has 1 heterocycles. The highest BCUT2D eigenvalue weighted by atomic mass is 35.5. The number of halogens is 1. The normalized spacial score (nSPS) is 17.8. The lowest BCUT2D eigenvalue weighted by atomic mass is 9.84. The van der Waals surface area contributed by atoms with E-state index in [4.69, 9.17) is 28.9 Å². The van der Waals surface area contributed by atoms with Gasteiger partial charge < -0.3 is 0 Å². The Morgan fingerprint density at radius 1 is 1.25 bits per heavy atom. The summed E-state index contributed by atoms with van der Waals surface area (Å²) in [5.41, 5.74) is 1.91. The fourth-order valence-electron chi connectivity index (χ4n) is 2.27. The van der Waals surface area contributed by atoms with Gasteiger partial charge in [0, 0.05) is 11.6 Å². The smallest absolute Gasteiger partial charge is 0.111 e. The van der Waals surface area contributed by atoms with E-state index < -0.39 is 0 Å². The Hall–Kier alpha value is -0.930. The number of hydrogen-bond donors (Lipinski definition) is 0. The molecule has 0 saturated heterocycles. The minimum absolute atomic E-state index is 0.208. The number of nitrogens with zero attached hydrogens (tertiary/aromatic N) is 2. The van der Waals surface area contributed by atoms with Crippen LogP contribution in [-0.2, 0) is 0 Å². The first kappa shape index (κ1) is 15.5. The second-order valence-corrected chi connectivity index (χ2v) is 7.01. The van der Waals surface area contributed by atoms with Crippen LogP contribution in [-0.4, -0.2) is 22.3 Å². The summed E-state index contributed by atoms with van der Waals surface area (Å²) in [6, 6.07) is 7.82. The molecular weight excluding hydrogens is 288 g/mol. The molecule has 0 saturated carbocycles. The van der Waals surface area contributed by atoms with Gasteiger partial charge in [0.25, 0.3) is 0 Å². The molecule has 0 aromatic heterocycles. The molecule has 2 rings (SSSR count). The Bertz CT molecular complexity index is 532. The number of rotatable bonds is 4. The third-order valence-corrected chi connectivity index (χ3v) is 4.59. The first-order valence-electron chi connectivity index (χ1n) is 6.99. The topological polar surface area (TPSA) is 15.6 Å². The van der Waals surface area contributed by atoms with Crippen LogP contribution in [0.2, 0.25) is 5.02 Å². The van der Waals surface area contributed by atoms with Crippen LogP contribution in [0.25, 0.3) is 0 Å². The SMILES string of the molecule is CC(C)CCN1N=C(c2ccc(Cl)cc2)C(C)(C)C1=S. The third kappa shape index (κ3) is 3.04. The van der Waals surface area contributed by atoms with E-state index in [1.54, 1.807) is 0 Å². The molecule has 1 aliphatic rings. The summed E-state index contributed by atoms with van der Waals surface area (Å²) in [4.78, 5) is 0.906. The highest BCUT2D eigenvalue weighted by Crippen LogP contribution is 2.33. The average molecular weight is 309 g/mol. The molecule has 0 N–H and O–H groups in total. The Kier molecular flexibility index (Phi) is 4.50. The molecule has 0 unspecified atom stereocenters. The van der Waals surface area contributed by atoms with Gasteiger partial charge in [0.05, 0.1) is 11.1 Å². The number of hydrogen-bond acceptors (Lipinski definition) is 2. The van der Waals surface area contributed by atoms with E-state index in [0.717, 1.165) is 34.3 Å². The van der Waals surface area contributed by atoms with E-state index in [-0.39, 0.29) is 5.41 Å². The molecule has 0 amide bonds. The largest absolute Gasteiger partial charge is 0.258 e. The third-order valence-electron chi connectivity index (χ3n) is 3.62. The summed E-state index contributed by atoms with van der Waals surface area (Å²) in [6.07, 6.45) is 1.09. The molecule has 0 atom stereocenters. The second kappa shape index (κ2) is 5.82. The molecule has 20 heavy (non-hydrogen) atoms. The van der Waals surface area contributed by atoms with Crippen molar-refractivity contribution in [2.24, 2.45) is 16.4 Å². The van der Waals surface area contributed by atoms with Crippen LogP contribution in [0.4, 0.5) is 0 Å². The zero-order valence-electron chi connectivity index (χ0n) is 12.5. The zero-order chi connectivity index (χ0) is 14.9. The van der Waals surface area contributed by atoms with Crippen molar-refractivity contribution in [3.63, 3.8) is 0 Å². The van der Waals surface area contributed by atoms with Crippen LogP contribution < -0.4 is 0 Å². The molecule has 1 aromatic rings. The van der Waals surface area contributed by atoms with Crippen LogP contribution in [0, 0.1) is 11.3 Å². The van der Waals surface area contributed by atoms with Crippen molar-refractivity contribution >= 4 is 34.5 Å². The zero-order valence-corrected chi connectivity index (χ0v) is 14.1. The van der Waals surface area contributed by atoms with Gasteiger partial charge in [0.15, 0.2) is 0 Å². The molecular formula is C16H21ClN2S. The highest BCUT2D eigenvalue weighted by Gasteiger charge is 2.40. The van der Waals surface area contributed by atoms with Gasteiger partial charge in [-0.2, -0.15) is 5.10 Å². The minimum Gasteiger partial charge on any atom is -0.258 e. The molecule has 108 valence electrons. The first-order valence-corrected chi connectivity index (χ1v) is 7.78. The van der Waals surface area contributed by atoms with Crippen LogP contribution in [0.3, 0.4) is 0 Å². The van der Waals surface area contributed by atoms with Gasteiger partial charge in [-0.25, -0.2) is 0 Å². The summed E-state index contributed by atoms with van der Waals surface area (Å²) in [6.45, 7) is 9.59. The van der Waals surface area contributed by atoms with E-state index >= 15 is 0 Å². The first-order chi connectivity index (χ1) is 9.32. The van der Waals surface area contributed by atoms with Gasteiger partial charge in [-0.15, -0.1) is 0 Å². The molecule has 0 radical (unpaired) electrons. The van der Waals surface area contributed by atoms with Gasteiger partial charge in [0.2, 0.25) is 0 Å². The van der Waals surface area contributed by atoms with Gasteiger partial charge in [-0.3, -0.25) is 5.01 Å². The Labute approximate surface area is 131 Å². The van der Waals surface area contributed by atoms with Gasteiger partial charge in [-0.05, 0) is 43.9 Å². The predicted octanol–water partition coefficient (Wildman–Crippen LogP) is 4.76. The molecule has 1 aromatic carbocycles. The standard InChI is InChI=1S/C16H21ClN2S/c1-11(2)9-10-19-15(20)16(3,4)14(18-19)12-5-7-13(17)8-6-12/h5-8,11H,9-10H2,1-4H3. The minimum atomic E-state index is -0.208. The van der Waals surface area contributed by atoms with Crippen molar-refractivity contribution in [2.45, 2.75) is 34.1 Å². The fourth-order valence-corrected chi connectivity index (χ4v) is 2.63. The van der Waals surface area contributed by atoms with Crippen LogP contribution >= 0.6 is 23.8 Å². The van der Waals surface area contributed by atoms with Crippen molar-refractivity contribution < 1.29 is 0 Å². The summed E-state index contributed by atoms with van der Waals surface area (Å²) < 4.78 is 0. The summed E-state index contributed by atoms with van der Waals surface area (Å²) >= 11 is 11.6. The van der Waals surface area contributed by atoms with Crippen molar-refractivity contribution in [2.75, 3.05) is 6.54 Å². The predicted molar refractivity (Wildman–Crippen MR) is 90.5 cm³/mol. The molecule has 1 aliphatic heterocycles. The fraction of sp³-hybridized carbons (Fsp3) is 0.500. The van der Waals surface area contributed by atoms with E-state index in [1.807, 2.05) is 29.3 Å².